The Balaban J connectivity index is 2.81. The van der Waals surface area contributed by atoms with Crippen LogP contribution >= 0.6 is 0 Å². The lowest BCUT2D eigenvalue weighted by Crippen LogP contribution is -1.96. The number of carboxylic acids is 1. The lowest BCUT2D eigenvalue weighted by Gasteiger charge is -2.06. The minimum atomic E-state index is -0.852. The number of nitrogens with zero attached hydrogens (tertiary/aromatic N) is 1. The van der Waals surface area contributed by atoms with Crippen LogP contribution in [-0.2, 0) is 6.54 Å². The molecule has 2 rings (SSSR count). The smallest absolute Gasteiger partial charge is 0.337 e. The maximum atomic E-state index is 11.2. The molecule has 0 amide bonds. The van der Waals surface area contributed by atoms with Crippen molar-refractivity contribution in [3.05, 3.63) is 35.0 Å². The second kappa shape index (κ2) is 4.24. The molecule has 0 aliphatic rings. The van der Waals surface area contributed by atoms with Gasteiger partial charge in [0, 0.05) is 18.1 Å². The Hall–Kier alpha value is -1.77. The second-order valence-electron chi connectivity index (χ2n) is 4.52. The third kappa shape index (κ3) is 1.93. The third-order valence-corrected chi connectivity index (χ3v) is 3.00. The number of aryl methyl sites for hydroxylation is 3. The fourth-order valence-electron chi connectivity index (χ4n) is 2.42. The van der Waals surface area contributed by atoms with Crippen molar-refractivity contribution < 1.29 is 9.90 Å². The summed E-state index contributed by atoms with van der Waals surface area (Å²) < 4.78 is 2.05. The molecule has 1 aromatic carbocycles. The number of aromatic nitrogens is 1. The summed E-state index contributed by atoms with van der Waals surface area (Å²) in [6.45, 7) is 6.98. The van der Waals surface area contributed by atoms with Crippen LogP contribution < -0.4 is 0 Å². The number of fused-ring (bicyclic) bond motifs is 1. The molecule has 2 aromatic rings. The zero-order valence-electron chi connectivity index (χ0n) is 10.4. The Morgan fingerprint density at radius 1 is 1.35 bits per heavy atom. The monoisotopic (exact) mass is 231 g/mol. The molecule has 3 heteroatoms. The van der Waals surface area contributed by atoms with Gasteiger partial charge in [0.1, 0.15) is 0 Å². The maximum absolute atomic E-state index is 11.2. The van der Waals surface area contributed by atoms with Gasteiger partial charge in [0.05, 0.1) is 11.1 Å². The summed E-state index contributed by atoms with van der Waals surface area (Å²) >= 11 is 0. The molecule has 0 unspecified atom stereocenters. The molecule has 90 valence electrons. The average Bonchev–Trinajstić information content (AvgIpc) is 2.57. The largest absolute Gasteiger partial charge is 0.478 e. The quantitative estimate of drug-likeness (QED) is 0.880. The first-order valence-corrected chi connectivity index (χ1v) is 5.88. The van der Waals surface area contributed by atoms with Gasteiger partial charge in [0.25, 0.3) is 0 Å². The molecule has 0 saturated carbocycles. The Kier molecular flexibility index (Phi) is 2.92. The summed E-state index contributed by atoms with van der Waals surface area (Å²) in [5, 5.41) is 10.1. The molecule has 1 aromatic heterocycles. The molecule has 0 radical (unpaired) electrons. The number of benzene rings is 1. The van der Waals surface area contributed by atoms with E-state index < -0.39 is 5.97 Å². The fourth-order valence-corrected chi connectivity index (χ4v) is 2.42. The first-order chi connectivity index (χ1) is 8.04. The maximum Gasteiger partial charge on any atom is 0.337 e. The van der Waals surface area contributed by atoms with Gasteiger partial charge in [-0.05, 0) is 31.9 Å². The standard InChI is InChI=1S/C14H17NO2/c1-4-5-15-8-12(14(16)17)11-7-9(2)6-10(3)13(11)15/h6-8H,4-5H2,1-3H3,(H,16,17). The van der Waals surface area contributed by atoms with Gasteiger partial charge in [-0.3, -0.25) is 0 Å². The Labute approximate surface area is 101 Å². The van der Waals surface area contributed by atoms with Crippen LogP contribution in [0.25, 0.3) is 10.9 Å². The van der Waals surface area contributed by atoms with Crippen molar-refractivity contribution in [3.63, 3.8) is 0 Å². The van der Waals surface area contributed by atoms with Crippen molar-refractivity contribution in [2.24, 2.45) is 0 Å². The van der Waals surface area contributed by atoms with Crippen LogP contribution in [0.4, 0.5) is 0 Å². The summed E-state index contributed by atoms with van der Waals surface area (Å²) in [7, 11) is 0. The molecular weight excluding hydrogens is 214 g/mol. The van der Waals surface area contributed by atoms with Gasteiger partial charge in [0.15, 0.2) is 0 Å². The Bertz CT molecular complexity index is 581. The molecule has 1 heterocycles. The Morgan fingerprint density at radius 2 is 2.06 bits per heavy atom. The highest BCUT2D eigenvalue weighted by atomic mass is 16.4. The van der Waals surface area contributed by atoms with Gasteiger partial charge >= 0.3 is 5.97 Å². The van der Waals surface area contributed by atoms with Gasteiger partial charge in [-0.25, -0.2) is 4.79 Å². The van der Waals surface area contributed by atoms with Gasteiger partial charge in [-0.15, -0.1) is 0 Å². The molecule has 0 aliphatic heterocycles. The van der Waals surface area contributed by atoms with Crippen LogP contribution in [0.5, 0.6) is 0 Å². The normalized spacial score (nSPS) is 11.0. The number of rotatable bonds is 3. The van der Waals surface area contributed by atoms with E-state index in [-0.39, 0.29) is 0 Å². The number of carboxylic acid groups (broad SMARTS) is 1. The molecule has 0 saturated heterocycles. The zero-order chi connectivity index (χ0) is 12.6. The second-order valence-corrected chi connectivity index (χ2v) is 4.52. The molecule has 0 atom stereocenters. The van der Waals surface area contributed by atoms with Crippen molar-refractivity contribution in [2.75, 3.05) is 0 Å². The van der Waals surface area contributed by atoms with E-state index in [0.717, 1.165) is 35.0 Å². The highest BCUT2D eigenvalue weighted by molar-refractivity contribution is 6.04. The zero-order valence-corrected chi connectivity index (χ0v) is 10.4. The molecular formula is C14H17NO2. The number of aromatic carboxylic acids is 1. The molecule has 1 N–H and O–H groups in total. The first-order valence-electron chi connectivity index (χ1n) is 5.88. The summed E-state index contributed by atoms with van der Waals surface area (Å²) in [5.41, 5.74) is 3.70. The summed E-state index contributed by atoms with van der Waals surface area (Å²) in [6, 6.07) is 4.05. The topological polar surface area (TPSA) is 42.2 Å². The molecule has 17 heavy (non-hydrogen) atoms. The van der Waals surface area contributed by atoms with E-state index in [4.69, 9.17) is 0 Å². The average molecular weight is 231 g/mol. The lowest BCUT2D eigenvalue weighted by atomic mass is 10.1. The van der Waals surface area contributed by atoms with Crippen LogP contribution in [0.15, 0.2) is 18.3 Å². The minimum Gasteiger partial charge on any atom is -0.478 e. The third-order valence-electron chi connectivity index (χ3n) is 3.00. The first kappa shape index (κ1) is 11.7. The summed E-state index contributed by atoms with van der Waals surface area (Å²) in [4.78, 5) is 11.2. The predicted molar refractivity (Wildman–Crippen MR) is 68.7 cm³/mol. The molecule has 0 fully saturated rings. The number of carbonyl (C=O) groups is 1. The Morgan fingerprint density at radius 3 is 2.65 bits per heavy atom. The van der Waals surface area contributed by atoms with Gasteiger partial charge in [0.2, 0.25) is 0 Å². The van der Waals surface area contributed by atoms with Gasteiger partial charge in [-0.1, -0.05) is 18.6 Å². The minimum absolute atomic E-state index is 0.403. The highest BCUT2D eigenvalue weighted by Gasteiger charge is 2.15. The van der Waals surface area contributed by atoms with Crippen molar-refractivity contribution in [3.8, 4) is 0 Å². The van der Waals surface area contributed by atoms with Crippen LogP contribution in [0, 0.1) is 13.8 Å². The van der Waals surface area contributed by atoms with E-state index in [1.165, 1.54) is 0 Å². The molecule has 0 bridgehead atoms. The van der Waals surface area contributed by atoms with Crippen LogP contribution in [0.1, 0.15) is 34.8 Å². The SMILES string of the molecule is CCCn1cc(C(=O)O)c2cc(C)cc(C)c21. The van der Waals surface area contributed by atoms with E-state index >= 15 is 0 Å². The highest BCUT2D eigenvalue weighted by Crippen LogP contribution is 2.26. The van der Waals surface area contributed by atoms with E-state index in [2.05, 4.69) is 13.0 Å². The molecule has 0 spiro atoms. The van der Waals surface area contributed by atoms with Crippen LogP contribution in [-0.4, -0.2) is 15.6 Å². The van der Waals surface area contributed by atoms with Crippen LogP contribution in [0.2, 0.25) is 0 Å². The number of hydrogen-bond donors (Lipinski definition) is 1. The fraction of sp³-hybridized carbons (Fsp3) is 0.357. The van der Waals surface area contributed by atoms with Crippen molar-refractivity contribution in [1.29, 1.82) is 0 Å². The van der Waals surface area contributed by atoms with Gasteiger partial charge in [-0.2, -0.15) is 0 Å². The molecule has 3 nitrogen and oxygen atoms in total. The lowest BCUT2D eigenvalue weighted by molar-refractivity contribution is 0.0699. The summed E-state index contributed by atoms with van der Waals surface area (Å²) in [6.07, 6.45) is 2.75. The predicted octanol–water partition coefficient (Wildman–Crippen LogP) is 3.37. The van der Waals surface area contributed by atoms with E-state index in [9.17, 15) is 9.90 Å². The van der Waals surface area contributed by atoms with Crippen molar-refractivity contribution in [2.45, 2.75) is 33.7 Å². The van der Waals surface area contributed by atoms with E-state index in [1.54, 1.807) is 6.20 Å². The number of hydrogen-bond acceptors (Lipinski definition) is 1. The summed E-state index contributed by atoms with van der Waals surface area (Å²) in [5.74, 6) is -0.852. The van der Waals surface area contributed by atoms with Crippen LogP contribution in [0.3, 0.4) is 0 Å². The molecule has 0 aliphatic carbocycles. The van der Waals surface area contributed by atoms with E-state index in [1.807, 2.05) is 24.5 Å². The van der Waals surface area contributed by atoms with Gasteiger partial charge < -0.3 is 9.67 Å². The van der Waals surface area contributed by atoms with E-state index in [0.29, 0.717) is 5.56 Å². The van der Waals surface area contributed by atoms with Crippen molar-refractivity contribution in [1.82, 2.24) is 4.57 Å². The van der Waals surface area contributed by atoms with Crippen molar-refractivity contribution >= 4 is 16.9 Å².